The molecule has 0 spiro atoms. The lowest BCUT2D eigenvalue weighted by molar-refractivity contribution is 0.340. The molecule has 3 aromatic carbocycles. The highest BCUT2D eigenvalue weighted by Gasteiger charge is 2.10. The van der Waals surface area contributed by atoms with Crippen molar-refractivity contribution < 1.29 is 9.47 Å². The Morgan fingerprint density at radius 2 is 1.28 bits per heavy atom. The highest BCUT2D eigenvalue weighted by Crippen LogP contribution is 2.18. The van der Waals surface area contributed by atoms with Crippen molar-refractivity contribution in [1.82, 2.24) is 4.98 Å². The van der Waals surface area contributed by atoms with Crippen molar-refractivity contribution in [2.45, 2.75) is 20.3 Å². The highest BCUT2D eigenvalue weighted by molar-refractivity contribution is 6.49. The van der Waals surface area contributed by atoms with Gasteiger partial charge in [0.25, 0.3) is 0 Å². The van der Waals surface area contributed by atoms with Crippen LogP contribution in [-0.4, -0.2) is 54.6 Å². The van der Waals surface area contributed by atoms with Gasteiger partial charge in [0.05, 0.1) is 25.6 Å². The molecule has 0 atom stereocenters. The van der Waals surface area contributed by atoms with Crippen molar-refractivity contribution in [3.63, 3.8) is 0 Å². The molecule has 0 amide bonds. The lowest BCUT2D eigenvalue weighted by Gasteiger charge is -2.12. The molecule has 0 fully saturated rings. The zero-order valence-corrected chi connectivity index (χ0v) is 25.9. The van der Waals surface area contributed by atoms with Gasteiger partial charge in [-0.15, -0.1) is 10.2 Å². The normalized spacial score (nSPS) is 13.6. The first-order chi connectivity index (χ1) is 22.7. The number of rotatable bonds is 12. The fourth-order valence-electron chi connectivity index (χ4n) is 4.29. The van der Waals surface area contributed by atoms with E-state index >= 15 is 0 Å². The van der Waals surface area contributed by atoms with Crippen LogP contribution < -0.4 is 20.1 Å². The second kappa shape index (κ2) is 16.8. The van der Waals surface area contributed by atoms with Gasteiger partial charge in [0.15, 0.2) is 11.7 Å². The molecule has 1 aromatic heterocycles. The van der Waals surface area contributed by atoms with Crippen LogP contribution in [0.15, 0.2) is 135 Å². The first-order valence-corrected chi connectivity index (χ1v) is 15.1. The molecule has 232 valence electrons. The second-order valence-corrected chi connectivity index (χ2v) is 9.89. The minimum absolute atomic E-state index is 0.523. The number of nitrogens with zero attached hydrogens (tertiary/aromatic N) is 6. The number of nitrogens with one attached hydrogen (secondary N) is 2. The molecule has 1 aliphatic heterocycles. The summed E-state index contributed by atoms with van der Waals surface area (Å²) in [5, 5.41) is 24.2. The van der Waals surface area contributed by atoms with Gasteiger partial charge in [0.1, 0.15) is 22.9 Å². The molecule has 4 aromatic rings. The lowest BCUT2D eigenvalue weighted by atomic mass is 10.2. The van der Waals surface area contributed by atoms with Gasteiger partial charge >= 0.3 is 0 Å². The van der Waals surface area contributed by atoms with E-state index in [4.69, 9.17) is 9.47 Å². The number of hydrogen-bond donors (Lipinski definition) is 2. The molecule has 0 saturated heterocycles. The van der Waals surface area contributed by atoms with E-state index in [0.29, 0.717) is 37.1 Å². The van der Waals surface area contributed by atoms with E-state index in [2.05, 4.69) is 47.1 Å². The molecule has 0 saturated carbocycles. The van der Waals surface area contributed by atoms with Gasteiger partial charge in [0, 0.05) is 24.1 Å². The van der Waals surface area contributed by atoms with Gasteiger partial charge in [-0.2, -0.15) is 10.2 Å². The van der Waals surface area contributed by atoms with Crippen LogP contribution in [0.5, 0.6) is 11.5 Å². The topological polar surface area (TPSA) is 117 Å². The van der Waals surface area contributed by atoms with E-state index < -0.39 is 0 Å². The smallest absolute Gasteiger partial charge is 0.178 e. The third kappa shape index (κ3) is 9.55. The minimum atomic E-state index is 0.523. The maximum atomic E-state index is 5.55. The maximum Gasteiger partial charge on any atom is 0.178 e. The van der Waals surface area contributed by atoms with Gasteiger partial charge in [-0.1, -0.05) is 36.4 Å². The molecular weight excluding hydrogens is 576 g/mol. The summed E-state index contributed by atoms with van der Waals surface area (Å²) in [6.45, 7) is 5.86. The average molecular weight is 613 g/mol. The van der Waals surface area contributed by atoms with Crippen LogP contribution in [0.3, 0.4) is 0 Å². The van der Waals surface area contributed by atoms with Gasteiger partial charge in [0.2, 0.25) is 0 Å². The Morgan fingerprint density at radius 3 is 1.78 bits per heavy atom. The summed E-state index contributed by atoms with van der Waals surface area (Å²) >= 11 is 0. The third-order valence-electron chi connectivity index (χ3n) is 6.53. The monoisotopic (exact) mass is 612 g/mol. The van der Waals surface area contributed by atoms with Crippen molar-refractivity contribution >= 4 is 41.2 Å². The van der Waals surface area contributed by atoms with Gasteiger partial charge in [-0.3, -0.25) is 9.98 Å². The van der Waals surface area contributed by atoms with Crippen LogP contribution in [0, 0.1) is 0 Å². The van der Waals surface area contributed by atoms with Crippen molar-refractivity contribution in [1.29, 1.82) is 0 Å². The first-order valence-electron chi connectivity index (χ1n) is 15.1. The number of ether oxygens (including phenoxy) is 2. The first kappa shape index (κ1) is 31.5. The van der Waals surface area contributed by atoms with Crippen LogP contribution in [-0.2, 0) is 0 Å². The highest BCUT2D eigenvalue weighted by atomic mass is 16.5. The summed E-state index contributed by atoms with van der Waals surface area (Å²) in [6, 6.07) is 28.8. The van der Waals surface area contributed by atoms with Crippen LogP contribution in [0.4, 0.5) is 11.4 Å². The van der Waals surface area contributed by atoms with E-state index in [-0.39, 0.29) is 0 Å². The Kier molecular flexibility index (Phi) is 11.5. The minimum Gasteiger partial charge on any atom is -0.494 e. The maximum absolute atomic E-state index is 5.55. The molecule has 0 bridgehead atoms. The van der Waals surface area contributed by atoms with Crippen LogP contribution in [0.2, 0.25) is 0 Å². The summed E-state index contributed by atoms with van der Waals surface area (Å²) in [5.41, 5.74) is 4.91. The van der Waals surface area contributed by atoms with E-state index in [9.17, 15) is 0 Å². The fraction of sp³-hybridized carbons (Fsp3) is 0.167. The third-order valence-corrected chi connectivity index (χ3v) is 6.53. The van der Waals surface area contributed by atoms with Crippen molar-refractivity contribution in [3.05, 3.63) is 126 Å². The summed E-state index contributed by atoms with van der Waals surface area (Å²) in [6.07, 6.45) is 10.1. The molecule has 46 heavy (non-hydrogen) atoms. The number of pyridine rings is 1. The zero-order valence-electron chi connectivity index (χ0n) is 25.9. The quantitative estimate of drug-likeness (QED) is 0.101. The van der Waals surface area contributed by atoms with E-state index in [0.717, 1.165) is 46.1 Å². The van der Waals surface area contributed by atoms with Crippen molar-refractivity contribution in [2.75, 3.05) is 30.4 Å². The number of aromatic nitrogens is 1. The van der Waals surface area contributed by atoms with Gasteiger partial charge < -0.3 is 20.1 Å². The molecule has 10 nitrogen and oxygen atoms in total. The molecule has 10 heteroatoms. The van der Waals surface area contributed by atoms with E-state index in [1.54, 1.807) is 18.6 Å². The Balaban J connectivity index is 1.26. The van der Waals surface area contributed by atoms with Crippen LogP contribution in [0.25, 0.3) is 0 Å². The summed E-state index contributed by atoms with van der Waals surface area (Å²) in [4.78, 5) is 9.03. The molecule has 5 rings (SSSR count). The Hall–Kier alpha value is -5.90. The van der Waals surface area contributed by atoms with Crippen LogP contribution >= 0.6 is 0 Å². The van der Waals surface area contributed by atoms with Crippen molar-refractivity contribution in [3.8, 4) is 11.5 Å². The second-order valence-electron chi connectivity index (χ2n) is 9.89. The predicted octanol–water partition coefficient (Wildman–Crippen LogP) is 7.02. The summed E-state index contributed by atoms with van der Waals surface area (Å²) in [7, 11) is 0. The van der Waals surface area contributed by atoms with E-state index in [1.165, 1.54) is 0 Å². The SMILES string of the molecule is CCOc1ccc(N/C(=N\N=C\c2ccc(/C=N/N=C(\Nc3ccc(OCC)cc3)c3ccccn3)cc2)C2=NCCC=C2)cc1. The number of amidine groups is 2. The summed E-state index contributed by atoms with van der Waals surface area (Å²) in [5.74, 6) is 2.71. The Morgan fingerprint density at radius 1 is 0.717 bits per heavy atom. The van der Waals surface area contributed by atoms with Crippen LogP contribution in [0.1, 0.15) is 37.1 Å². The molecule has 1 aliphatic rings. The summed E-state index contributed by atoms with van der Waals surface area (Å²) < 4.78 is 11.1. The molecular formula is C36H36N8O2. The number of hydrogen-bond acceptors (Lipinski definition) is 8. The predicted molar refractivity (Wildman–Crippen MR) is 188 cm³/mol. The molecule has 0 radical (unpaired) electrons. The zero-order chi connectivity index (χ0) is 31.8. The van der Waals surface area contributed by atoms with E-state index in [1.807, 2.05) is 111 Å². The van der Waals surface area contributed by atoms with Crippen molar-refractivity contribution in [2.24, 2.45) is 25.4 Å². The number of aliphatic imine (C=N–C) groups is 1. The largest absolute Gasteiger partial charge is 0.494 e. The molecule has 2 N–H and O–H groups in total. The standard InChI is InChI=1S/C36H36N8O2/c1-3-45-31-19-15-29(16-20-31)41-35(33-9-5-7-23-37-33)43-39-25-27-11-13-28(14-12-27)26-40-44-36(34-10-6-8-24-38-34)42-30-17-21-32(22-18-30)46-4-2/h5-7,9-23,25-26H,3-4,8,24H2,1-2H3,(H,41,43)(H,42,44)/b39-25+,40-26+. The van der Waals surface area contributed by atoms with Gasteiger partial charge in [-0.05, 0) is 98.1 Å². The number of anilines is 2. The Bertz CT molecular complexity index is 1730. The van der Waals surface area contributed by atoms with Gasteiger partial charge in [-0.25, -0.2) is 0 Å². The molecule has 2 heterocycles. The average Bonchev–Trinajstić information content (AvgIpc) is 3.10. The number of dihydropyridines is 1. The molecule has 0 aliphatic carbocycles. The Labute approximate surface area is 269 Å². The molecule has 0 unspecified atom stereocenters. The lowest BCUT2D eigenvalue weighted by Crippen LogP contribution is -2.23. The number of benzene rings is 3. The fourth-order valence-corrected chi connectivity index (χ4v) is 4.29.